The highest BCUT2D eigenvalue weighted by Crippen LogP contribution is 2.33. The third-order valence-electron chi connectivity index (χ3n) is 4.93. The van der Waals surface area contributed by atoms with Crippen LogP contribution in [0.5, 0.6) is 0 Å². The third kappa shape index (κ3) is 3.67. The van der Waals surface area contributed by atoms with E-state index in [1.807, 2.05) is 24.3 Å². The fourth-order valence-corrected chi connectivity index (χ4v) is 3.42. The minimum atomic E-state index is -0.504. The van der Waals surface area contributed by atoms with Crippen LogP contribution in [0.15, 0.2) is 84.5 Å². The molecule has 4 rings (SSSR count). The van der Waals surface area contributed by atoms with Gasteiger partial charge in [0.1, 0.15) is 5.82 Å². The number of benzene rings is 3. The summed E-state index contributed by atoms with van der Waals surface area (Å²) in [5.41, 5.74) is 10.7. The van der Waals surface area contributed by atoms with E-state index in [0.29, 0.717) is 28.9 Å². The number of oxime groups is 1. The van der Waals surface area contributed by atoms with Gasteiger partial charge in [0.2, 0.25) is 0 Å². The summed E-state index contributed by atoms with van der Waals surface area (Å²) in [4.78, 5) is 17.8. The van der Waals surface area contributed by atoms with Crippen molar-refractivity contribution in [3.8, 4) is 11.1 Å². The van der Waals surface area contributed by atoms with E-state index in [0.717, 1.165) is 16.7 Å². The van der Waals surface area contributed by atoms with Gasteiger partial charge in [0.25, 0.3) is 0 Å². The van der Waals surface area contributed by atoms with Gasteiger partial charge in [-0.05, 0) is 42.0 Å². The highest BCUT2D eigenvalue weighted by molar-refractivity contribution is 6.09. The number of halogens is 1. The Balaban J connectivity index is 1.73. The molecule has 1 unspecified atom stereocenters. The molecule has 4 nitrogen and oxygen atoms in total. The number of nitrogens with zero attached hydrogens (tertiary/aromatic N) is 1. The molecular weight excluding hydrogens is 367 g/mol. The number of carbonyl (C=O) groups excluding carboxylic acids is 1. The van der Waals surface area contributed by atoms with E-state index in [9.17, 15) is 9.18 Å². The molecule has 0 saturated heterocycles. The van der Waals surface area contributed by atoms with Crippen LogP contribution in [0.1, 0.15) is 34.0 Å². The molecule has 2 N–H and O–H groups in total. The van der Waals surface area contributed by atoms with Gasteiger partial charge in [-0.25, -0.2) is 4.39 Å². The zero-order valence-electron chi connectivity index (χ0n) is 15.6. The summed E-state index contributed by atoms with van der Waals surface area (Å²) >= 11 is 0. The molecule has 1 aliphatic heterocycles. The summed E-state index contributed by atoms with van der Waals surface area (Å²) in [6.07, 6.45) is 1.16. The number of hydrogen-bond donors (Lipinski definition) is 1. The molecule has 144 valence electrons. The van der Waals surface area contributed by atoms with Crippen LogP contribution in [0, 0.1) is 5.82 Å². The maximum Gasteiger partial charge on any atom is 0.185 e. The highest BCUT2D eigenvalue weighted by atomic mass is 19.1. The Morgan fingerprint density at radius 3 is 2.59 bits per heavy atom. The summed E-state index contributed by atoms with van der Waals surface area (Å²) in [7, 11) is 0. The van der Waals surface area contributed by atoms with Gasteiger partial charge in [0, 0.05) is 34.4 Å². The summed E-state index contributed by atoms with van der Waals surface area (Å²) in [6.45, 7) is 3.57. The molecule has 0 bridgehead atoms. The molecule has 0 saturated carbocycles. The van der Waals surface area contributed by atoms with Crippen LogP contribution < -0.4 is 5.73 Å². The van der Waals surface area contributed by atoms with Gasteiger partial charge < -0.3 is 10.6 Å². The molecular formula is C24H19FN2O2. The van der Waals surface area contributed by atoms with E-state index >= 15 is 0 Å². The van der Waals surface area contributed by atoms with Gasteiger partial charge in [-0.15, -0.1) is 0 Å². The van der Waals surface area contributed by atoms with Crippen LogP contribution in [0.25, 0.3) is 11.1 Å². The van der Waals surface area contributed by atoms with Crippen molar-refractivity contribution in [1.82, 2.24) is 0 Å². The average Bonchev–Trinajstić information content (AvgIpc) is 3.23. The number of ketones is 1. The first kappa shape index (κ1) is 18.6. The van der Waals surface area contributed by atoms with E-state index in [4.69, 9.17) is 10.6 Å². The molecule has 5 heteroatoms. The molecule has 0 aliphatic carbocycles. The van der Waals surface area contributed by atoms with Crippen LogP contribution in [-0.4, -0.2) is 11.5 Å². The van der Waals surface area contributed by atoms with E-state index in [1.165, 1.54) is 12.1 Å². The molecule has 0 radical (unpaired) electrons. The van der Waals surface area contributed by atoms with Crippen molar-refractivity contribution in [2.24, 2.45) is 5.16 Å². The van der Waals surface area contributed by atoms with Crippen LogP contribution in [0.2, 0.25) is 0 Å². The zero-order valence-corrected chi connectivity index (χ0v) is 15.6. The van der Waals surface area contributed by atoms with Crippen molar-refractivity contribution in [3.63, 3.8) is 0 Å². The van der Waals surface area contributed by atoms with Gasteiger partial charge in [0.15, 0.2) is 11.9 Å². The zero-order chi connectivity index (χ0) is 20.4. The minimum absolute atomic E-state index is 0.201. The average molecular weight is 386 g/mol. The highest BCUT2D eigenvalue weighted by Gasteiger charge is 2.27. The van der Waals surface area contributed by atoms with Gasteiger partial charge in [-0.1, -0.05) is 48.1 Å². The van der Waals surface area contributed by atoms with Gasteiger partial charge in [-0.3, -0.25) is 4.79 Å². The van der Waals surface area contributed by atoms with Crippen LogP contribution >= 0.6 is 0 Å². The summed E-state index contributed by atoms with van der Waals surface area (Å²) < 4.78 is 14.1. The second-order valence-electron chi connectivity index (χ2n) is 6.81. The largest absolute Gasteiger partial charge is 0.398 e. The van der Waals surface area contributed by atoms with Crippen LogP contribution in [0.4, 0.5) is 10.1 Å². The number of nitrogens with two attached hydrogens (primary N) is 1. The van der Waals surface area contributed by atoms with E-state index in [1.54, 1.807) is 36.4 Å². The lowest BCUT2D eigenvalue weighted by Crippen LogP contribution is -2.05. The summed E-state index contributed by atoms with van der Waals surface area (Å²) in [5.74, 6) is -0.532. The molecule has 0 aromatic heterocycles. The van der Waals surface area contributed by atoms with Crippen molar-refractivity contribution in [2.75, 3.05) is 5.73 Å². The molecule has 3 aromatic rings. The number of anilines is 1. The standard InChI is InChI=1S/C24H19FN2O2/c1-2-23(28)17-12-15(18-7-4-6-10-21(18)26)11-16(13-17)22-14-24(29-27-22)19-8-3-5-9-20(19)25/h2-13,24H,1,14,26H2. The third-order valence-corrected chi connectivity index (χ3v) is 4.93. The van der Waals surface area contributed by atoms with E-state index < -0.39 is 6.10 Å². The Bertz CT molecular complexity index is 1140. The number of carbonyl (C=O) groups is 1. The van der Waals surface area contributed by atoms with E-state index in [-0.39, 0.29) is 11.6 Å². The Morgan fingerprint density at radius 2 is 1.83 bits per heavy atom. The molecule has 3 aromatic carbocycles. The quantitative estimate of drug-likeness (QED) is 0.367. The Kier molecular flexibility index (Phi) is 4.96. The first-order valence-electron chi connectivity index (χ1n) is 9.21. The summed E-state index contributed by atoms with van der Waals surface area (Å²) in [5, 5.41) is 4.17. The molecule has 1 heterocycles. The van der Waals surface area contributed by atoms with Gasteiger partial charge in [0.05, 0.1) is 5.71 Å². The topological polar surface area (TPSA) is 64.7 Å². The maximum absolute atomic E-state index is 14.1. The van der Waals surface area contributed by atoms with Crippen molar-refractivity contribution in [2.45, 2.75) is 12.5 Å². The lowest BCUT2D eigenvalue weighted by molar-refractivity contribution is 0.0830. The second-order valence-corrected chi connectivity index (χ2v) is 6.81. The van der Waals surface area contributed by atoms with Gasteiger partial charge in [-0.2, -0.15) is 0 Å². The number of nitrogen functional groups attached to an aromatic ring is 1. The maximum atomic E-state index is 14.1. The number of para-hydroxylation sites is 1. The number of allylic oxidation sites excluding steroid dienone is 1. The molecule has 0 spiro atoms. The first-order chi connectivity index (χ1) is 14.1. The van der Waals surface area contributed by atoms with Crippen molar-refractivity contribution >= 4 is 17.2 Å². The lowest BCUT2D eigenvalue weighted by Gasteiger charge is -2.11. The van der Waals surface area contributed by atoms with Crippen LogP contribution in [-0.2, 0) is 4.84 Å². The Hall–Kier alpha value is -3.73. The predicted molar refractivity (Wildman–Crippen MR) is 112 cm³/mol. The number of hydrogen-bond acceptors (Lipinski definition) is 4. The fourth-order valence-electron chi connectivity index (χ4n) is 3.42. The Labute approximate surface area is 168 Å². The SMILES string of the molecule is C=CC(=O)c1cc(C2=NOC(c3ccccc3F)C2)cc(-c2ccccc2N)c1. The fraction of sp³-hybridized carbons (Fsp3) is 0.0833. The predicted octanol–water partition coefficient (Wildman–Crippen LogP) is 5.31. The van der Waals surface area contributed by atoms with E-state index in [2.05, 4.69) is 11.7 Å². The minimum Gasteiger partial charge on any atom is -0.398 e. The van der Waals surface area contributed by atoms with Crippen LogP contribution in [0.3, 0.4) is 0 Å². The Morgan fingerprint density at radius 1 is 1.10 bits per heavy atom. The van der Waals surface area contributed by atoms with Crippen molar-refractivity contribution < 1.29 is 14.0 Å². The molecule has 1 atom stereocenters. The number of rotatable bonds is 5. The van der Waals surface area contributed by atoms with Gasteiger partial charge >= 0.3 is 0 Å². The summed E-state index contributed by atoms with van der Waals surface area (Å²) in [6, 6.07) is 19.4. The van der Waals surface area contributed by atoms with Crippen molar-refractivity contribution in [3.05, 3.63) is 102 Å². The molecule has 29 heavy (non-hydrogen) atoms. The normalized spacial score (nSPS) is 15.5. The second kappa shape index (κ2) is 7.72. The molecule has 0 fully saturated rings. The lowest BCUT2D eigenvalue weighted by atomic mass is 9.93. The molecule has 0 amide bonds. The molecule has 1 aliphatic rings. The first-order valence-corrected chi connectivity index (χ1v) is 9.21. The van der Waals surface area contributed by atoms with Crippen molar-refractivity contribution in [1.29, 1.82) is 0 Å². The monoisotopic (exact) mass is 386 g/mol. The smallest absolute Gasteiger partial charge is 0.185 e.